The summed E-state index contributed by atoms with van der Waals surface area (Å²) in [5.74, 6) is 2.74. The lowest BCUT2D eigenvalue weighted by Gasteiger charge is -2.34. The molecule has 0 spiro atoms. The number of nitrogens with zero attached hydrogens (tertiary/aromatic N) is 4. The van der Waals surface area contributed by atoms with Crippen LogP contribution in [0.5, 0.6) is 5.75 Å². The highest BCUT2D eigenvalue weighted by Gasteiger charge is 2.40. The topological polar surface area (TPSA) is 85.8 Å². The number of hydrogen-bond donors (Lipinski definition) is 1. The monoisotopic (exact) mass is 493 g/mol. The second-order valence-corrected chi connectivity index (χ2v) is 10.1. The van der Waals surface area contributed by atoms with Crippen LogP contribution in [0.1, 0.15) is 55.0 Å². The Hall–Kier alpha value is -4.13. The van der Waals surface area contributed by atoms with Gasteiger partial charge in [-0.2, -0.15) is 0 Å². The molecule has 7 nitrogen and oxygen atoms in total. The maximum atomic E-state index is 12.6. The molecule has 2 aliphatic rings. The molecule has 2 aliphatic heterocycles. The summed E-state index contributed by atoms with van der Waals surface area (Å²) >= 11 is 0. The molecule has 0 unspecified atom stereocenters. The van der Waals surface area contributed by atoms with Crippen LogP contribution in [0.15, 0.2) is 73.1 Å². The zero-order valence-corrected chi connectivity index (χ0v) is 21.2. The van der Waals surface area contributed by atoms with E-state index in [4.69, 9.17) is 15.5 Å². The predicted octanol–water partition coefficient (Wildman–Crippen LogP) is 5.17. The number of piperidine rings is 1. The first kappa shape index (κ1) is 23.3. The van der Waals surface area contributed by atoms with Crippen LogP contribution in [0.4, 0.5) is 5.82 Å². The quantitative estimate of drug-likeness (QED) is 0.388. The van der Waals surface area contributed by atoms with Gasteiger partial charge < -0.3 is 15.4 Å². The van der Waals surface area contributed by atoms with Crippen molar-refractivity contribution in [2.45, 2.75) is 44.1 Å². The van der Waals surface area contributed by atoms with E-state index in [1.807, 2.05) is 23.2 Å². The number of ether oxygens (including phenoxy) is 1. The molecule has 2 N–H and O–H groups in total. The molecule has 2 aromatic heterocycles. The first-order valence-electron chi connectivity index (χ1n) is 12.8. The minimum absolute atomic E-state index is 0.126. The smallest absolute Gasteiger partial charge is 0.227 e. The van der Waals surface area contributed by atoms with E-state index in [0.717, 1.165) is 46.8 Å². The van der Waals surface area contributed by atoms with Crippen molar-refractivity contribution in [3.63, 3.8) is 0 Å². The number of benzene rings is 2. The van der Waals surface area contributed by atoms with Gasteiger partial charge in [0.15, 0.2) is 0 Å². The molecule has 188 valence electrons. The van der Waals surface area contributed by atoms with Gasteiger partial charge in [-0.25, -0.2) is 9.97 Å². The zero-order valence-electron chi connectivity index (χ0n) is 21.2. The van der Waals surface area contributed by atoms with E-state index in [-0.39, 0.29) is 23.8 Å². The molecule has 37 heavy (non-hydrogen) atoms. The molecule has 2 fully saturated rings. The Balaban J connectivity index is 1.35. The van der Waals surface area contributed by atoms with Gasteiger partial charge in [0.1, 0.15) is 28.6 Å². The number of aromatic nitrogens is 3. The van der Waals surface area contributed by atoms with Crippen molar-refractivity contribution in [3.8, 4) is 17.0 Å². The molecule has 2 saturated heterocycles. The SMILES string of the molecule is C=C1CC(=O)N2C[C@H](c3nc(-c4ccc([C@H](C)c5cccc(OC)c5)cc4)c4c(N)nccn34)CC[C@@H]12. The Labute approximate surface area is 216 Å². The molecule has 7 heteroatoms. The van der Waals surface area contributed by atoms with Crippen molar-refractivity contribution in [3.05, 3.63) is 90.0 Å². The highest BCUT2D eigenvalue weighted by molar-refractivity contribution is 5.86. The zero-order chi connectivity index (χ0) is 25.7. The summed E-state index contributed by atoms with van der Waals surface area (Å²) in [6.45, 7) is 6.97. The van der Waals surface area contributed by atoms with Crippen molar-refractivity contribution < 1.29 is 9.53 Å². The average Bonchev–Trinajstić information content (AvgIpc) is 3.46. The van der Waals surface area contributed by atoms with Gasteiger partial charge in [-0.15, -0.1) is 0 Å². The second kappa shape index (κ2) is 9.07. The summed E-state index contributed by atoms with van der Waals surface area (Å²) in [4.78, 5) is 24.0. The van der Waals surface area contributed by atoms with Crippen molar-refractivity contribution in [2.75, 3.05) is 19.4 Å². The summed E-state index contributed by atoms with van der Waals surface area (Å²) in [6, 6.07) is 16.9. The molecule has 0 radical (unpaired) electrons. The van der Waals surface area contributed by atoms with Crippen molar-refractivity contribution in [1.82, 2.24) is 19.3 Å². The number of anilines is 1. The minimum Gasteiger partial charge on any atom is -0.497 e. The fourth-order valence-corrected chi connectivity index (χ4v) is 5.90. The average molecular weight is 494 g/mol. The van der Waals surface area contributed by atoms with E-state index in [1.165, 1.54) is 11.1 Å². The first-order valence-corrected chi connectivity index (χ1v) is 12.8. The number of carbonyl (C=O) groups is 1. The van der Waals surface area contributed by atoms with Crippen molar-refractivity contribution >= 4 is 17.2 Å². The lowest BCUT2D eigenvalue weighted by Crippen LogP contribution is -2.41. The van der Waals surface area contributed by atoms with Crippen LogP contribution in [0.25, 0.3) is 16.8 Å². The maximum absolute atomic E-state index is 12.6. The predicted molar refractivity (Wildman–Crippen MR) is 145 cm³/mol. The van der Waals surface area contributed by atoms with Crippen LogP contribution < -0.4 is 10.5 Å². The Bertz CT molecular complexity index is 1510. The molecule has 6 rings (SSSR count). The largest absolute Gasteiger partial charge is 0.497 e. The molecule has 3 atom stereocenters. The van der Waals surface area contributed by atoms with Gasteiger partial charge in [-0.05, 0) is 41.7 Å². The van der Waals surface area contributed by atoms with E-state index in [2.05, 4.69) is 59.3 Å². The molecule has 0 bridgehead atoms. The molecule has 0 saturated carbocycles. The van der Waals surface area contributed by atoms with E-state index >= 15 is 0 Å². The van der Waals surface area contributed by atoms with Gasteiger partial charge in [0.2, 0.25) is 5.91 Å². The summed E-state index contributed by atoms with van der Waals surface area (Å²) in [5, 5.41) is 0. The number of amides is 1. The van der Waals surface area contributed by atoms with Gasteiger partial charge in [0.25, 0.3) is 0 Å². The van der Waals surface area contributed by atoms with Crippen molar-refractivity contribution in [2.24, 2.45) is 0 Å². The number of imidazole rings is 1. The second-order valence-electron chi connectivity index (χ2n) is 10.1. The Morgan fingerprint density at radius 2 is 1.95 bits per heavy atom. The standard InChI is InChI=1S/C30H31N5O2/c1-18-15-26(36)35-17-23(11-12-25(18)35)30-33-27(28-29(31)32-13-14-34(28)30)21-9-7-20(8-10-21)19(2)22-5-4-6-24(16-22)37-3/h4-10,13-14,16,19,23,25H,1,11-12,15,17H2,2-3H3,(H2,31,32)/t19-,23+,25-/m0/s1. The van der Waals surface area contributed by atoms with E-state index < -0.39 is 0 Å². The Kier molecular flexibility index (Phi) is 5.71. The Morgan fingerprint density at radius 1 is 1.14 bits per heavy atom. The normalized spacial score (nSPS) is 20.3. The third kappa shape index (κ3) is 3.95. The van der Waals surface area contributed by atoms with Gasteiger partial charge in [0.05, 0.1) is 13.2 Å². The van der Waals surface area contributed by atoms with Crippen LogP contribution in [-0.2, 0) is 4.79 Å². The highest BCUT2D eigenvalue weighted by Crippen LogP contribution is 2.39. The van der Waals surface area contributed by atoms with Gasteiger partial charge in [-0.1, -0.05) is 49.9 Å². The number of rotatable bonds is 5. The summed E-state index contributed by atoms with van der Waals surface area (Å²) < 4.78 is 7.46. The summed E-state index contributed by atoms with van der Waals surface area (Å²) in [5.41, 5.74) is 12.4. The molecule has 4 heterocycles. The van der Waals surface area contributed by atoms with Crippen LogP contribution in [0.3, 0.4) is 0 Å². The highest BCUT2D eigenvalue weighted by atomic mass is 16.5. The maximum Gasteiger partial charge on any atom is 0.227 e. The molecule has 2 aromatic carbocycles. The summed E-state index contributed by atoms with van der Waals surface area (Å²) in [7, 11) is 1.69. The van der Waals surface area contributed by atoms with E-state index in [9.17, 15) is 4.79 Å². The first-order chi connectivity index (χ1) is 17.9. The molecular formula is C30H31N5O2. The molecular weight excluding hydrogens is 462 g/mol. The molecule has 0 aliphatic carbocycles. The lowest BCUT2D eigenvalue weighted by atomic mass is 9.91. The van der Waals surface area contributed by atoms with Crippen LogP contribution in [-0.4, -0.2) is 44.9 Å². The van der Waals surface area contributed by atoms with Crippen molar-refractivity contribution in [1.29, 1.82) is 0 Å². The Morgan fingerprint density at radius 3 is 2.73 bits per heavy atom. The fourth-order valence-electron chi connectivity index (χ4n) is 5.90. The van der Waals surface area contributed by atoms with Crippen LogP contribution in [0, 0.1) is 0 Å². The summed E-state index contributed by atoms with van der Waals surface area (Å²) in [6.07, 6.45) is 5.96. The van der Waals surface area contributed by atoms with Gasteiger partial charge in [-0.3, -0.25) is 9.20 Å². The molecule has 1 amide bonds. The fraction of sp³-hybridized carbons (Fsp3) is 0.300. The number of hydrogen-bond acceptors (Lipinski definition) is 5. The number of nitrogen functional groups attached to an aromatic ring is 1. The van der Waals surface area contributed by atoms with E-state index in [0.29, 0.717) is 18.8 Å². The number of fused-ring (bicyclic) bond motifs is 2. The third-order valence-electron chi connectivity index (χ3n) is 8.01. The lowest BCUT2D eigenvalue weighted by molar-refractivity contribution is -0.130. The number of nitrogens with two attached hydrogens (primary N) is 1. The van der Waals surface area contributed by atoms with Crippen LogP contribution in [0.2, 0.25) is 0 Å². The molecule has 4 aromatic rings. The van der Waals surface area contributed by atoms with Crippen LogP contribution >= 0.6 is 0 Å². The third-order valence-corrected chi connectivity index (χ3v) is 8.01. The van der Waals surface area contributed by atoms with Gasteiger partial charge in [0, 0.05) is 42.8 Å². The number of carbonyl (C=O) groups excluding carboxylic acids is 1. The number of methoxy groups -OCH3 is 1. The van der Waals surface area contributed by atoms with E-state index in [1.54, 1.807) is 13.3 Å². The minimum atomic E-state index is 0.126. The van der Waals surface area contributed by atoms with Gasteiger partial charge >= 0.3 is 0 Å².